The predicted molar refractivity (Wildman–Crippen MR) is 67.7 cm³/mol. The number of benzene rings is 1. The zero-order chi connectivity index (χ0) is 12.3. The van der Waals surface area contributed by atoms with Gasteiger partial charge in [0.1, 0.15) is 5.75 Å². The summed E-state index contributed by atoms with van der Waals surface area (Å²) in [6.45, 7) is 0.750. The summed E-state index contributed by atoms with van der Waals surface area (Å²) in [4.78, 5) is 10.5. The molecule has 0 spiro atoms. The second-order valence-electron chi connectivity index (χ2n) is 4.07. The van der Waals surface area contributed by atoms with Crippen LogP contribution in [0.25, 0.3) is 0 Å². The third-order valence-corrected chi connectivity index (χ3v) is 2.52. The lowest BCUT2D eigenvalue weighted by Gasteiger charge is -2.05. The van der Waals surface area contributed by atoms with Crippen molar-refractivity contribution >= 4 is 5.91 Å². The van der Waals surface area contributed by atoms with Gasteiger partial charge in [0.05, 0.1) is 6.61 Å². The zero-order valence-electron chi connectivity index (χ0n) is 10.2. The summed E-state index contributed by atoms with van der Waals surface area (Å²) in [7, 11) is 0. The maximum Gasteiger partial charge on any atom is 0.217 e. The van der Waals surface area contributed by atoms with E-state index in [1.54, 1.807) is 0 Å². The first-order chi connectivity index (χ1) is 8.29. The van der Waals surface area contributed by atoms with Gasteiger partial charge < -0.3 is 10.5 Å². The molecule has 0 unspecified atom stereocenters. The minimum absolute atomic E-state index is 0.200. The van der Waals surface area contributed by atoms with Gasteiger partial charge in [0.25, 0.3) is 0 Å². The Kier molecular flexibility index (Phi) is 6.87. The average Bonchev–Trinajstić information content (AvgIpc) is 2.33. The molecule has 1 aromatic rings. The lowest BCUT2D eigenvalue weighted by atomic mass is 10.1. The largest absolute Gasteiger partial charge is 0.494 e. The molecule has 0 fully saturated rings. The molecule has 1 rings (SSSR count). The van der Waals surface area contributed by atoms with E-state index in [1.165, 1.54) is 0 Å². The van der Waals surface area contributed by atoms with Gasteiger partial charge in [-0.2, -0.15) is 0 Å². The first kappa shape index (κ1) is 13.6. The summed E-state index contributed by atoms with van der Waals surface area (Å²) in [6.07, 6.45) is 5.82. The van der Waals surface area contributed by atoms with Gasteiger partial charge in [-0.1, -0.05) is 31.4 Å². The quantitative estimate of drug-likeness (QED) is 0.668. The van der Waals surface area contributed by atoms with E-state index in [0.717, 1.165) is 44.5 Å². The van der Waals surface area contributed by atoms with Crippen LogP contribution in [0.15, 0.2) is 24.3 Å². The van der Waals surface area contributed by atoms with Crippen LogP contribution in [0.2, 0.25) is 0 Å². The van der Waals surface area contributed by atoms with Gasteiger partial charge in [-0.3, -0.25) is 4.79 Å². The van der Waals surface area contributed by atoms with Gasteiger partial charge in [0.2, 0.25) is 5.91 Å². The molecule has 0 aliphatic rings. The number of primary amides is 1. The fraction of sp³-hybridized carbons (Fsp3) is 0.500. The molecule has 0 aliphatic heterocycles. The summed E-state index contributed by atoms with van der Waals surface area (Å²) in [5, 5.41) is 0. The fourth-order valence-electron chi connectivity index (χ4n) is 1.59. The van der Waals surface area contributed by atoms with Crippen LogP contribution >= 0.6 is 0 Å². The van der Waals surface area contributed by atoms with Crippen LogP contribution in [0.3, 0.4) is 0 Å². The molecular weight excluding hydrogens is 214 g/mol. The third kappa shape index (κ3) is 7.39. The second-order valence-corrected chi connectivity index (χ2v) is 4.07. The van der Waals surface area contributed by atoms with Crippen LogP contribution in [-0.4, -0.2) is 12.5 Å². The van der Waals surface area contributed by atoms with Crippen LogP contribution in [0.5, 0.6) is 5.75 Å². The number of ether oxygens (including phenoxy) is 1. The zero-order valence-corrected chi connectivity index (χ0v) is 10.2. The van der Waals surface area contributed by atoms with E-state index in [4.69, 9.17) is 10.5 Å². The Labute approximate surface area is 103 Å². The smallest absolute Gasteiger partial charge is 0.217 e. The summed E-state index contributed by atoms with van der Waals surface area (Å²) >= 11 is 0. The van der Waals surface area contributed by atoms with Crippen molar-refractivity contribution in [2.45, 2.75) is 38.5 Å². The highest BCUT2D eigenvalue weighted by Gasteiger charge is 1.95. The number of hydrogen-bond donors (Lipinski definition) is 1. The molecule has 0 saturated carbocycles. The van der Waals surface area contributed by atoms with E-state index >= 15 is 0 Å². The van der Waals surface area contributed by atoms with E-state index in [9.17, 15) is 4.79 Å². The molecule has 1 amide bonds. The number of rotatable bonds is 9. The van der Waals surface area contributed by atoms with Crippen molar-refractivity contribution in [3.05, 3.63) is 30.3 Å². The normalized spacial score (nSPS) is 10.1. The van der Waals surface area contributed by atoms with Crippen molar-refractivity contribution in [1.29, 1.82) is 0 Å². The third-order valence-electron chi connectivity index (χ3n) is 2.52. The topological polar surface area (TPSA) is 52.3 Å². The van der Waals surface area contributed by atoms with Crippen molar-refractivity contribution in [2.24, 2.45) is 5.73 Å². The number of nitrogens with two attached hydrogens (primary N) is 1. The Morgan fingerprint density at radius 1 is 1.12 bits per heavy atom. The monoisotopic (exact) mass is 234 g/mol. The van der Waals surface area contributed by atoms with Crippen molar-refractivity contribution < 1.29 is 9.53 Å². The molecule has 0 saturated heterocycles. The van der Waals surface area contributed by atoms with Crippen molar-refractivity contribution in [3.8, 4) is 5.75 Å². The van der Waals surface area contributed by atoms with Crippen LogP contribution < -0.4 is 10.5 Å². The minimum atomic E-state index is -0.200. The van der Waals surface area contributed by atoms with E-state index < -0.39 is 0 Å². The molecule has 93 valence electrons. The van der Waals surface area contributed by atoms with Gasteiger partial charge >= 0.3 is 0 Å². The number of carbonyl (C=O) groups is 1. The minimum Gasteiger partial charge on any atom is -0.494 e. The summed E-state index contributed by atoms with van der Waals surface area (Å²) < 4.78 is 5.56. The maximum absolute atomic E-state index is 10.5. The van der Waals surface area contributed by atoms with Crippen molar-refractivity contribution in [1.82, 2.24) is 0 Å². The molecule has 3 heteroatoms. The molecule has 2 N–H and O–H groups in total. The van der Waals surface area contributed by atoms with Crippen LogP contribution in [0, 0.1) is 6.07 Å². The summed E-state index contributed by atoms with van der Waals surface area (Å²) in [6, 6.07) is 10.5. The molecule has 0 aliphatic carbocycles. The van der Waals surface area contributed by atoms with Crippen molar-refractivity contribution in [3.63, 3.8) is 0 Å². The fourth-order valence-corrected chi connectivity index (χ4v) is 1.59. The van der Waals surface area contributed by atoms with Crippen LogP contribution in [-0.2, 0) is 4.79 Å². The highest BCUT2D eigenvalue weighted by molar-refractivity contribution is 5.73. The molecule has 0 heterocycles. The molecular formula is C14H20NO2. The first-order valence-corrected chi connectivity index (χ1v) is 6.16. The standard InChI is InChI=1S/C14H20NO2/c15-14(16)11-7-2-1-3-8-12-17-13-9-5-4-6-10-13/h5-6,9-10H,1-3,7-8,11-12H2,(H2,15,16). The van der Waals surface area contributed by atoms with Crippen LogP contribution in [0.4, 0.5) is 0 Å². The Balaban J connectivity index is 1.90. The van der Waals surface area contributed by atoms with Crippen LogP contribution in [0.1, 0.15) is 38.5 Å². The Hall–Kier alpha value is -1.51. The molecule has 3 nitrogen and oxygen atoms in total. The molecule has 0 bridgehead atoms. The molecule has 0 atom stereocenters. The van der Waals surface area contributed by atoms with E-state index in [2.05, 4.69) is 6.07 Å². The maximum atomic E-state index is 10.5. The average molecular weight is 234 g/mol. The number of carbonyl (C=O) groups excluding carboxylic acids is 1. The van der Waals surface area contributed by atoms with Gasteiger partial charge in [0.15, 0.2) is 0 Å². The second kappa shape index (κ2) is 8.62. The number of amides is 1. The van der Waals surface area contributed by atoms with E-state index in [-0.39, 0.29) is 5.91 Å². The Morgan fingerprint density at radius 3 is 2.47 bits per heavy atom. The highest BCUT2D eigenvalue weighted by atomic mass is 16.5. The number of unbranched alkanes of at least 4 members (excludes halogenated alkanes) is 4. The SMILES string of the molecule is NC(=O)CCCCCCCOc1cc[c]cc1. The van der Waals surface area contributed by atoms with Gasteiger partial charge in [-0.15, -0.1) is 0 Å². The molecule has 1 aromatic carbocycles. The lowest BCUT2D eigenvalue weighted by molar-refractivity contribution is -0.118. The van der Waals surface area contributed by atoms with Gasteiger partial charge in [0, 0.05) is 6.42 Å². The lowest BCUT2D eigenvalue weighted by Crippen LogP contribution is -2.09. The van der Waals surface area contributed by atoms with Gasteiger partial charge in [-0.05, 0) is 31.0 Å². The molecule has 1 radical (unpaired) electrons. The van der Waals surface area contributed by atoms with Crippen molar-refractivity contribution in [2.75, 3.05) is 6.61 Å². The number of hydrogen-bond acceptors (Lipinski definition) is 2. The van der Waals surface area contributed by atoms with E-state index in [0.29, 0.717) is 6.42 Å². The summed E-state index contributed by atoms with van der Waals surface area (Å²) in [5.41, 5.74) is 5.06. The first-order valence-electron chi connectivity index (χ1n) is 6.16. The molecule has 17 heavy (non-hydrogen) atoms. The Morgan fingerprint density at radius 2 is 1.76 bits per heavy atom. The van der Waals surface area contributed by atoms with Gasteiger partial charge in [-0.25, -0.2) is 0 Å². The summed E-state index contributed by atoms with van der Waals surface area (Å²) in [5.74, 6) is 0.701. The Bertz CT molecular complexity index is 311. The van der Waals surface area contributed by atoms with E-state index in [1.807, 2.05) is 24.3 Å². The predicted octanol–water partition coefficient (Wildman–Crippen LogP) is 2.69. The highest BCUT2D eigenvalue weighted by Crippen LogP contribution is 2.10. The molecule has 0 aromatic heterocycles.